The zero-order valence-electron chi connectivity index (χ0n) is 20.6. The van der Waals surface area contributed by atoms with E-state index in [2.05, 4.69) is 29.4 Å². The smallest absolute Gasteiger partial charge is 0.261 e. The van der Waals surface area contributed by atoms with E-state index in [9.17, 15) is 9.59 Å². The van der Waals surface area contributed by atoms with Gasteiger partial charge in [-0.25, -0.2) is 4.52 Å². The van der Waals surface area contributed by atoms with Crippen LogP contribution in [0.5, 0.6) is 11.5 Å². The summed E-state index contributed by atoms with van der Waals surface area (Å²) in [7, 11) is 5.75. The zero-order valence-corrected chi connectivity index (χ0v) is 21.4. The fraction of sp³-hybridized carbons (Fsp3) is 0.346. The first kappa shape index (κ1) is 23.3. The molecule has 1 fully saturated rings. The quantitative estimate of drug-likeness (QED) is 0.455. The maximum atomic E-state index is 13.3. The Kier molecular flexibility index (Phi) is 5.98. The molecule has 1 aromatic carbocycles. The summed E-state index contributed by atoms with van der Waals surface area (Å²) < 4.78 is 9.00. The van der Waals surface area contributed by atoms with E-state index in [1.54, 1.807) is 24.0 Å². The summed E-state index contributed by atoms with van der Waals surface area (Å²) >= 11 is 1.45. The van der Waals surface area contributed by atoms with Gasteiger partial charge in [0.2, 0.25) is 0 Å². The van der Waals surface area contributed by atoms with Gasteiger partial charge < -0.3 is 19.9 Å². The van der Waals surface area contributed by atoms with E-state index < -0.39 is 0 Å². The molecule has 2 amide bonds. The maximum absolute atomic E-state index is 13.3. The lowest BCUT2D eigenvalue weighted by molar-refractivity contribution is 0.0782. The van der Waals surface area contributed by atoms with E-state index in [0.717, 1.165) is 46.2 Å². The van der Waals surface area contributed by atoms with Crippen molar-refractivity contribution in [1.82, 2.24) is 24.7 Å². The Morgan fingerprint density at radius 2 is 2.00 bits per heavy atom. The minimum absolute atomic E-state index is 0.0283. The molecule has 1 atom stereocenters. The van der Waals surface area contributed by atoms with Crippen LogP contribution in [-0.2, 0) is 0 Å². The molecule has 35 heavy (non-hydrogen) atoms. The third-order valence-corrected chi connectivity index (χ3v) is 8.13. The van der Waals surface area contributed by atoms with Crippen molar-refractivity contribution in [2.24, 2.45) is 0 Å². The molecule has 4 aromatic rings. The summed E-state index contributed by atoms with van der Waals surface area (Å²) in [5, 5.41) is 8.16. The van der Waals surface area contributed by atoms with Gasteiger partial charge in [0.15, 0.2) is 5.75 Å². The number of benzene rings is 1. The molecular formula is C26H29N5O3S. The maximum Gasteiger partial charge on any atom is 0.261 e. The summed E-state index contributed by atoms with van der Waals surface area (Å²) in [5.74, 6) is 1.24. The van der Waals surface area contributed by atoms with Crippen molar-refractivity contribution in [3.8, 4) is 11.5 Å². The Bertz CT molecular complexity index is 1450. The molecule has 1 N–H and O–H groups in total. The number of nitrogens with zero attached hydrogens (tertiary/aromatic N) is 4. The summed E-state index contributed by atoms with van der Waals surface area (Å²) in [4.78, 5) is 30.3. The molecule has 5 rings (SSSR count). The zero-order chi connectivity index (χ0) is 24.9. The van der Waals surface area contributed by atoms with Crippen LogP contribution in [-0.4, -0.2) is 71.5 Å². The highest BCUT2D eigenvalue weighted by Gasteiger charge is 2.30. The number of rotatable bonds is 5. The van der Waals surface area contributed by atoms with Crippen LogP contribution in [0.2, 0.25) is 0 Å². The first-order valence-corrected chi connectivity index (χ1v) is 12.5. The topological polar surface area (TPSA) is 79.2 Å². The van der Waals surface area contributed by atoms with Gasteiger partial charge in [-0.15, -0.1) is 11.3 Å². The minimum Gasteiger partial charge on any atom is -0.455 e. The number of hydrogen-bond donors (Lipinski definition) is 1. The van der Waals surface area contributed by atoms with Crippen LogP contribution in [0.3, 0.4) is 0 Å². The Hall–Kier alpha value is -3.43. The number of carbonyl (C=O) groups excluding carboxylic acids is 2. The highest BCUT2D eigenvalue weighted by atomic mass is 32.1. The number of likely N-dealkylation sites (tertiary alicyclic amines) is 1. The lowest BCUT2D eigenvalue weighted by atomic mass is 10.1. The first-order chi connectivity index (χ1) is 16.8. The van der Waals surface area contributed by atoms with E-state index in [1.165, 1.54) is 11.3 Å². The van der Waals surface area contributed by atoms with Gasteiger partial charge in [0.05, 0.1) is 16.6 Å². The second-order valence-corrected chi connectivity index (χ2v) is 10.3. The normalized spacial score (nSPS) is 15.9. The SMILES string of the molecule is CNC(=O)c1sc2cc(Oc3ccnn4cc(C(=O)N5CCC(N(C)C)C5)c(C)c34)ccc2c1C. The number of aromatic nitrogens is 2. The van der Waals surface area contributed by atoms with Gasteiger partial charge in [-0.2, -0.15) is 5.10 Å². The fourth-order valence-corrected chi connectivity index (χ4v) is 5.95. The van der Waals surface area contributed by atoms with Crippen molar-refractivity contribution in [2.45, 2.75) is 26.3 Å². The van der Waals surface area contributed by atoms with Crippen LogP contribution < -0.4 is 10.1 Å². The van der Waals surface area contributed by atoms with Gasteiger partial charge in [0.1, 0.15) is 11.3 Å². The summed E-state index contributed by atoms with van der Waals surface area (Å²) in [6.45, 7) is 5.38. The van der Waals surface area contributed by atoms with Crippen LogP contribution >= 0.6 is 11.3 Å². The molecule has 9 heteroatoms. The molecule has 0 aliphatic carbocycles. The van der Waals surface area contributed by atoms with Crippen LogP contribution in [0, 0.1) is 13.8 Å². The highest BCUT2D eigenvalue weighted by molar-refractivity contribution is 7.21. The molecule has 1 aliphatic heterocycles. The molecule has 1 aliphatic rings. The number of aryl methyl sites for hydroxylation is 2. The van der Waals surface area contributed by atoms with Crippen molar-refractivity contribution in [3.05, 3.63) is 58.2 Å². The van der Waals surface area contributed by atoms with Crippen molar-refractivity contribution < 1.29 is 14.3 Å². The summed E-state index contributed by atoms with van der Waals surface area (Å²) in [6, 6.07) is 8.03. The van der Waals surface area contributed by atoms with Crippen molar-refractivity contribution in [2.75, 3.05) is 34.2 Å². The van der Waals surface area contributed by atoms with Crippen LogP contribution in [0.4, 0.5) is 0 Å². The molecule has 0 radical (unpaired) electrons. The molecule has 0 spiro atoms. The predicted molar refractivity (Wildman–Crippen MR) is 138 cm³/mol. The average molecular weight is 492 g/mol. The van der Waals surface area contributed by atoms with E-state index >= 15 is 0 Å². The van der Waals surface area contributed by atoms with Crippen molar-refractivity contribution in [1.29, 1.82) is 0 Å². The number of likely N-dealkylation sites (N-methyl/N-ethyl adjacent to an activating group) is 1. The van der Waals surface area contributed by atoms with Gasteiger partial charge in [-0.1, -0.05) is 0 Å². The molecule has 1 unspecified atom stereocenters. The molecule has 182 valence electrons. The third kappa shape index (κ3) is 4.04. The van der Waals surface area contributed by atoms with E-state index in [1.807, 2.05) is 43.0 Å². The van der Waals surface area contributed by atoms with Crippen LogP contribution in [0.1, 0.15) is 37.6 Å². The monoisotopic (exact) mass is 491 g/mol. The number of fused-ring (bicyclic) bond motifs is 2. The molecule has 4 heterocycles. The standard InChI is InChI=1S/C26H29N5O3S/c1-15-20(26(33)30-11-9-17(13-30)29(4)5)14-31-23(15)21(8-10-28-31)34-18-6-7-19-16(2)24(25(32)27-3)35-22(19)12-18/h6-8,10,12,14,17H,9,11,13H2,1-5H3,(H,27,32). The molecule has 1 saturated heterocycles. The largest absolute Gasteiger partial charge is 0.455 e. The minimum atomic E-state index is -0.0853. The number of nitrogens with one attached hydrogen (secondary N) is 1. The molecule has 0 saturated carbocycles. The number of ether oxygens (including phenoxy) is 1. The van der Waals surface area contributed by atoms with Gasteiger partial charge in [0.25, 0.3) is 11.8 Å². The van der Waals surface area contributed by atoms with Gasteiger partial charge in [0, 0.05) is 43.1 Å². The Labute approximate surface area is 208 Å². The van der Waals surface area contributed by atoms with Crippen LogP contribution in [0.25, 0.3) is 15.6 Å². The first-order valence-electron chi connectivity index (χ1n) is 11.6. The molecule has 8 nitrogen and oxygen atoms in total. The highest BCUT2D eigenvalue weighted by Crippen LogP contribution is 2.36. The van der Waals surface area contributed by atoms with Gasteiger partial charge >= 0.3 is 0 Å². The Morgan fingerprint density at radius 1 is 1.20 bits per heavy atom. The Balaban J connectivity index is 1.47. The molecular weight excluding hydrogens is 462 g/mol. The summed E-state index contributed by atoms with van der Waals surface area (Å²) in [5.41, 5.74) is 3.23. The number of thiophene rings is 1. The second-order valence-electron chi connectivity index (χ2n) is 9.21. The number of amides is 2. The van der Waals surface area contributed by atoms with E-state index in [-0.39, 0.29) is 11.8 Å². The van der Waals surface area contributed by atoms with Gasteiger partial charge in [-0.3, -0.25) is 9.59 Å². The van der Waals surface area contributed by atoms with Crippen LogP contribution in [0.15, 0.2) is 36.7 Å². The predicted octanol–water partition coefficient (Wildman–Crippen LogP) is 4.09. The van der Waals surface area contributed by atoms with E-state index in [0.29, 0.717) is 28.0 Å². The number of carbonyl (C=O) groups is 2. The third-order valence-electron chi connectivity index (χ3n) is 6.87. The molecule has 3 aromatic heterocycles. The lowest BCUT2D eigenvalue weighted by Gasteiger charge is -2.20. The second kappa shape index (κ2) is 8.98. The fourth-order valence-electron chi connectivity index (χ4n) is 4.77. The average Bonchev–Trinajstić information content (AvgIpc) is 3.55. The van der Waals surface area contributed by atoms with Crippen molar-refractivity contribution in [3.63, 3.8) is 0 Å². The van der Waals surface area contributed by atoms with Gasteiger partial charge in [-0.05, 0) is 69.1 Å². The summed E-state index contributed by atoms with van der Waals surface area (Å²) in [6.07, 6.45) is 4.44. The Morgan fingerprint density at radius 3 is 2.71 bits per heavy atom. The van der Waals surface area contributed by atoms with Crippen molar-refractivity contribution >= 4 is 38.8 Å². The number of hydrogen-bond acceptors (Lipinski definition) is 6. The lowest BCUT2D eigenvalue weighted by Crippen LogP contribution is -2.34. The van der Waals surface area contributed by atoms with E-state index in [4.69, 9.17) is 4.74 Å². The molecule has 0 bridgehead atoms.